The number of nitrogens with zero attached hydrogens (tertiary/aromatic N) is 3. The largest absolute Gasteiger partial charge is 0.242 e. The van der Waals surface area contributed by atoms with Crippen molar-refractivity contribution in [3.05, 3.63) is 57.8 Å². The highest BCUT2D eigenvalue weighted by Gasteiger charge is 2.11. The third-order valence-electron chi connectivity index (χ3n) is 3.06. The van der Waals surface area contributed by atoms with Crippen LogP contribution in [0.5, 0.6) is 0 Å². The number of pyridine rings is 1. The van der Waals surface area contributed by atoms with E-state index in [1.807, 2.05) is 41.9 Å². The average Bonchev–Trinajstić information content (AvgIpc) is 2.72. The predicted octanol–water partition coefficient (Wildman–Crippen LogP) is 4.09. The van der Waals surface area contributed by atoms with Gasteiger partial charge in [0, 0.05) is 27.2 Å². The van der Waals surface area contributed by atoms with E-state index < -0.39 is 0 Å². The molecule has 0 saturated carbocycles. The second-order valence-corrected chi connectivity index (χ2v) is 5.13. The molecule has 0 bridgehead atoms. The molecule has 0 aliphatic rings. The predicted molar refractivity (Wildman–Crippen MR) is 77.8 cm³/mol. The number of aromatic nitrogens is 3. The van der Waals surface area contributed by atoms with Crippen LogP contribution in [-0.4, -0.2) is 14.8 Å². The molecule has 96 valence electrons. The molecular weight excluding hydrogens is 281 g/mol. The number of rotatable bonds is 2. The van der Waals surface area contributed by atoms with Gasteiger partial charge in [-0.2, -0.15) is 5.10 Å². The van der Waals surface area contributed by atoms with Gasteiger partial charge >= 0.3 is 0 Å². The molecule has 0 N–H and O–H groups in total. The van der Waals surface area contributed by atoms with Crippen molar-refractivity contribution in [2.75, 3.05) is 0 Å². The van der Waals surface area contributed by atoms with Crippen LogP contribution in [0.2, 0.25) is 10.0 Å². The fourth-order valence-electron chi connectivity index (χ4n) is 2.11. The summed E-state index contributed by atoms with van der Waals surface area (Å²) in [6.07, 6.45) is 1.76. The fraction of sp³-hybridized carbons (Fsp3) is 0.143. The number of aryl methyl sites for hydroxylation is 1. The van der Waals surface area contributed by atoms with Crippen molar-refractivity contribution >= 4 is 34.2 Å². The molecule has 0 radical (unpaired) electrons. The van der Waals surface area contributed by atoms with Gasteiger partial charge in [0.25, 0.3) is 0 Å². The molecule has 5 heteroatoms. The van der Waals surface area contributed by atoms with E-state index in [-0.39, 0.29) is 0 Å². The minimum Gasteiger partial charge on any atom is -0.242 e. The second-order valence-electron chi connectivity index (χ2n) is 4.32. The van der Waals surface area contributed by atoms with Crippen molar-refractivity contribution in [1.29, 1.82) is 0 Å². The van der Waals surface area contributed by atoms with Crippen LogP contribution in [0.4, 0.5) is 0 Å². The standard InChI is InChI=1S/C14H11Cl2N3/c1-9-10-4-3-7-17-14(10)19(18-9)8-11-12(15)5-2-6-13(11)16/h2-7H,8H2,1H3. The Morgan fingerprint density at radius 3 is 2.58 bits per heavy atom. The summed E-state index contributed by atoms with van der Waals surface area (Å²) in [5, 5.41) is 6.84. The summed E-state index contributed by atoms with van der Waals surface area (Å²) < 4.78 is 1.83. The Labute approximate surface area is 120 Å². The Hall–Kier alpha value is -1.58. The van der Waals surface area contributed by atoms with Gasteiger partial charge in [-0.25, -0.2) is 9.67 Å². The molecule has 2 aromatic heterocycles. The third kappa shape index (κ3) is 2.20. The van der Waals surface area contributed by atoms with Gasteiger partial charge in [-0.15, -0.1) is 0 Å². The number of halogens is 2. The zero-order chi connectivity index (χ0) is 13.4. The molecule has 3 rings (SSSR count). The first-order valence-corrected chi connectivity index (χ1v) is 6.63. The smallest absolute Gasteiger partial charge is 0.158 e. The lowest BCUT2D eigenvalue weighted by Crippen LogP contribution is -2.04. The summed E-state index contributed by atoms with van der Waals surface area (Å²) in [6, 6.07) is 9.40. The lowest BCUT2D eigenvalue weighted by molar-refractivity contribution is 0.696. The van der Waals surface area contributed by atoms with Gasteiger partial charge in [-0.1, -0.05) is 29.3 Å². The first kappa shape index (κ1) is 12.5. The molecule has 0 fully saturated rings. The van der Waals surface area contributed by atoms with Crippen LogP contribution < -0.4 is 0 Å². The molecule has 0 aliphatic heterocycles. The van der Waals surface area contributed by atoms with Crippen molar-refractivity contribution in [2.45, 2.75) is 13.5 Å². The van der Waals surface area contributed by atoms with Gasteiger partial charge in [0.15, 0.2) is 5.65 Å². The highest BCUT2D eigenvalue weighted by Crippen LogP contribution is 2.26. The van der Waals surface area contributed by atoms with Crippen molar-refractivity contribution in [3.63, 3.8) is 0 Å². The Morgan fingerprint density at radius 1 is 1.11 bits per heavy atom. The third-order valence-corrected chi connectivity index (χ3v) is 3.77. The molecule has 3 aromatic rings. The van der Waals surface area contributed by atoms with Crippen LogP contribution in [0.3, 0.4) is 0 Å². The molecular formula is C14H11Cl2N3. The van der Waals surface area contributed by atoms with Crippen LogP contribution in [0.15, 0.2) is 36.5 Å². The lowest BCUT2D eigenvalue weighted by Gasteiger charge is -2.07. The minimum atomic E-state index is 0.514. The SMILES string of the molecule is Cc1nn(Cc2c(Cl)cccc2Cl)c2ncccc12. The van der Waals surface area contributed by atoms with Crippen LogP contribution in [-0.2, 0) is 6.54 Å². The Balaban J connectivity index is 2.11. The van der Waals surface area contributed by atoms with E-state index in [1.54, 1.807) is 6.20 Å². The van der Waals surface area contributed by atoms with Gasteiger partial charge in [-0.3, -0.25) is 0 Å². The summed E-state index contributed by atoms with van der Waals surface area (Å²) in [4.78, 5) is 4.37. The maximum atomic E-state index is 6.19. The summed E-state index contributed by atoms with van der Waals surface area (Å²) in [5.74, 6) is 0. The van der Waals surface area contributed by atoms with Gasteiger partial charge in [-0.05, 0) is 31.2 Å². The molecule has 2 heterocycles. The molecule has 0 aliphatic carbocycles. The van der Waals surface area contributed by atoms with Crippen LogP contribution >= 0.6 is 23.2 Å². The highest BCUT2D eigenvalue weighted by molar-refractivity contribution is 6.35. The minimum absolute atomic E-state index is 0.514. The Kier molecular flexibility index (Phi) is 3.17. The summed E-state index contributed by atoms with van der Waals surface area (Å²) in [6.45, 7) is 2.48. The van der Waals surface area contributed by atoms with Gasteiger partial charge in [0.05, 0.1) is 12.2 Å². The highest BCUT2D eigenvalue weighted by atomic mass is 35.5. The molecule has 0 amide bonds. The molecule has 0 saturated heterocycles. The topological polar surface area (TPSA) is 30.7 Å². The molecule has 0 spiro atoms. The Morgan fingerprint density at radius 2 is 1.84 bits per heavy atom. The second kappa shape index (κ2) is 4.83. The van der Waals surface area contributed by atoms with Crippen molar-refractivity contribution in [2.24, 2.45) is 0 Å². The van der Waals surface area contributed by atoms with E-state index >= 15 is 0 Å². The van der Waals surface area contributed by atoms with Crippen molar-refractivity contribution in [3.8, 4) is 0 Å². The monoisotopic (exact) mass is 291 g/mol. The molecule has 19 heavy (non-hydrogen) atoms. The zero-order valence-corrected chi connectivity index (χ0v) is 11.8. The van der Waals surface area contributed by atoms with E-state index in [4.69, 9.17) is 23.2 Å². The average molecular weight is 292 g/mol. The van der Waals surface area contributed by atoms with E-state index in [0.29, 0.717) is 16.6 Å². The number of hydrogen-bond acceptors (Lipinski definition) is 2. The van der Waals surface area contributed by atoms with E-state index in [9.17, 15) is 0 Å². The normalized spacial score (nSPS) is 11.1. The van der Waals surface area contributed by atoms with Crippen LogP contribution in [0.1, 0.15) is 11.3 Å². The molecule has 0 unspecified atom stereocenters. The first-order chi connectivity index (χ1) is 9.16. The summed E-state index contributed by atoms with van der Waals surface area (Å²) >= 11 is 12.4. The van der Waals surface area contributed by atoms with E-state index in [2.05, 4.69) is 10.1 Å². The lowest BCUT2D eigenvalue weighted by atomic mass is 10.2. The number of hydrogen-bond donors (Lipinski definition) is 0. The number of fused-ring (bicyclic) bond motifs is 1. The van der Waals surface area contributed by atoms with Gasteiger partial charge < -0.3 is 0 Å². The van der Waals surface area contributed by atoms with E-state index in [0.717, 1.165) is 22.3 Å². The van der Waals surface area contributed by atoms with Gasteiger partial charge in [0.1, 0.15) is 0 Å². The van der Waals surface area contributed by atoms with Crippen LogP contribution in [0.25, 0.3) is 11.0 Å². The molecule has 0 atom stereocenters. The summed E-state index contributed by atoms with van der Waals surface area (Å²) in [5.41, 5.74) is 2.66. The fourth-order valence-corrected chi connectivity index (χ4v) is 2.63. The quantitative estimate of drug-likeness (QED) is 0.712. The van der Waals surface area contributed by atoms with Crippen molar-refractivity contribution < 1.29 is 0 Å². The maximum Gasteiger partial charge on any atom is 0.158 e. The van der Waals surface area contributed by atoms with E-state index in [1.165, 1.54) is 0 Å². The summed E-state index contributed by atoms with van der Waals surface area (Å²) in [7, 11) is 0. The number of benzene rings is 1. The molecule has 1 aromatic carbocycles. The van der Waals surface area contributed by atoms with Crippen molar-refractivity contribution in [1.82, 2.24) is 14.8 Å². The first-order valence-electron chi connectivity index (χ1n) is 5.88. The maximum absolute atomic E-state index is 6.19. The Bertz CT molecular complexity index is 729. The zero-order valence-electron chi connectivity index (χ0n) is 10.3. The van der Waals surface area contributed by atoms with Crippen LogP contribution in [0, 0.1) is 6.92 Å². The molecule has 3 nitrogen and oxygen atoms in total. The van der Waals surface area contributed by atoms with Gasteiger partial charge in [0.2, 0.25) is 0 Å².